The van der Waals surface area contributed by atoms with Crippen LogP contribution in [-0.4, -0.2) is 66.3 Å². The van der Waals surface area contributed by atoms with Crippen LogP contribution < -0.4 is 0 Å². The number of carbonyl (C=O) groups is 2. The molecule has 3 aromatic rings. The normalized spacial score (nSPS) is 20.7. The first-order chi connectivity index (χ1) is 20.2. The quantitative estimate of drug-likeness (QED) is 0.284. The molecule has 0 aliphatic carbocycles. The smallest absolute Gasteiger partial charge is 0.253 e. The van der Waals surface area contributed by atoms with Crippen LogP contribution in [0.2, 0.25) is 5.02 Å². The van der Waals surface area contributed by atoms with Gasteiger partial charge in [0.25, 0.3) is 5.91 Å². The van der Waals surface area contributed by atoms with Crippen molar-refractivity contribution >= 4 is 23.4 Å². The fourth-order valence-electron chi connectivity index (χ4n) is 7.28. The maximum absolute atomic E-state index is 13.5. The van der Waals surface area contributed by atoms with Gasteiger partial charge in [0.2, 0.25) is 5.91 Å². The van der Waals surface area contributed by atoms with E-state index in [1.165, 1.54) is 11.1 Å². The second-order valence-electron chi connectivity index (χ2n) is 12.4. The highest BCUT2D eigenvalue weighted by Crippen LogP contribution is 2.41. The molecule has 1 atom stereocenters. The molecule has 42 heavy (non-hydrogen) atoms. The summed E-state index contributed by atoms with van der Waals surface area (Å²) in [5.74, 6) is 0.229. The van der Waals surface area contributed by atoms with Gasteiger partial charge in [0.15, 0.2) is 0 Å². The molecule has 0 unspecified atom stereocenters. The number of benzene rings is 3. The molecule has 2 aliphatic heterocycles. The highest BCUT2D eigenvalue weighted by Gasteiger charge is 2.42. The maximum atomic E-state index is 13.5. The van der Waals surface area contributed by atoms with Gasteiger partial charge in [-0.15, -0.1) is 0 Å². The lowest BCUT2D eigenvalue weighted by Crippen LogP contribution is -2.53. The van der Waals surface area contributed by atoms with Gasteiger partial charge in [-0.25, -0.2) is 0 Å². The summed E-state index contributed by atoms with van der Waals surface area (Å²) in [4.78, 5) is 32.6. The van der Waals surface area contributed by atoms with Crippen LogP contribution in [0.1, 0.15) is 72.5 Å². The second kappa shape index (κ2) is 13.0. The first-order valence-electron chi connectivity index (χ1n) is 15.4. The van der Waals surface area contributed by atoms with E-state index >= 15 is 0 Å². The Morgan fingerprint density at radius 3 is 2.19 bits per heavy atom. The monoisotopic (exact) mass is 585 g/mol. The molecule has 2 heterocycles. The molecule has 6 heteroatoms. The van der Waals surface area contributed by atoms with Gasteiger partial charge in [0.1, 0.15) is 0 Å². The average Bonchev–Trinajstić information content (AvgIpc) is 3.03. The lowest BCUT2D eigenvalue weighted by molar-refractivity contribution is -0.136. The van der Waals surface area contributed by atoms with E-state index in [4.69, 9.17) is 11.6 Å². The third kappa shape index (κ3) is 6.28. The summed E-state index contributed by atoms with van der Waals surface area (Å²) in [5, 5.41) is 0.785. The molecule has 0 bridgehead atoms. The maximum Gasteiger partial charge on any atom is 0.253 e. The van der Waals surface area contributed by atoms with Crippen LogP contribution in [0.4, 0.5) is 0 Å². The van der Waals surface area contributed by atoms with Crippen LogP contribution in [0.25, 0.3) is 0 Å². The number of nitrogens with zero attached hydrogens (tertiary/aromatic N) is 3. The van der Waals surface area contributed by atoms with Gasteiger partial charge in [0.05, 0.1) is 5.54 Å². The Bertz CT molecular complexity index is 1370. The molecule has 2 aliphatic rings. The van der Waals surface area contributed by atoms with Crippen molar-refractivity contribution in [1.82, 2.24) is 14.7 Å². The van der Waals surface area contributed by atoms with Gasteiger partial charge in [-0.05, 0) is 86.9 Å². The van der Waals surface area contributed by atoms with Crippen molar-refractivity contribution < 1.29 is 9.59 Å². The minimum Gasteiger partial charge on any atom is -0.338 e. The minimum atomic E-state index is -0.257. The van der Waals surface area contributed by atoms with Gasteiger partial charge < -0.3 is 14.7 Å². The van der Waals surface area contributed by atoms with Gasteiger partial charge in [-0.2, -0.15) is 0 Å². The van der Waals surface area contributed by atoms with E-state index < -0.39 is 0 Å². The molecule has 0 aromatic heterocycles. The molecule has 0 N–H and O–H groups in total. The third-order valence-corrected chi connectivity index (χ3v) is 10.3. The number of carbonyl (C=O) groups excluding carboxylic acids is 2. The predicted octanol–water partition coefficient (Wildman–Crippen LogP) is 7.07. The van der Waals surface area contributed by atoms with E-state index in [9.17, 15) is 9.59 Å². The Hall–Kier alpha value is -3.15. The molecule has 3 aromatic carbocycles. The van der Waals surface area contributed by atoms with E-state index in [1.807, 2.05) is 54.4 Å². The van der Waals surface area contributed by atoms with Crippen LogP contribution in [0.5, 0.6) is 0 Å². The molecular weight excluding hydrogens is 542 g/mol. The molecular formula is C36H44ClN3O2. The molecule has 2 fully saturated rings. The summed E-state index contributed by atoms with van der Waals surface area (Å²) in [7, 11) is 1.95. The number of rotatable bonds is 8. The Kier molecular flexibility index (Phi) is 9.39. The van der Waals surface area contributed by atoms with Crippen molar-refractivity contribution in [3.63, 3.8) is 0 Å². The van der Waals surface area contributed by atoms with Crippen molar-refractivity contribution in [3.8, 4) is 0 Å². The SMILES string of the molecule is CC(=O)N(C)C1(c2ccccc2)CCN(CCC[C@]2(c3ccc(Cl)c(C)c3)CCCN(C(=O)c3ccccc3)C2)CC1. The number of hydrogen-bond acceptors (Lipinski definition) is 3. The van der Waals surface area contributed by atoms with Gasteiger partial charge in [-0.1, -0.05) is 72.3 Å². The van der Waals surface area contributed by atoms with Crippen LogP contribution in [0.15, 0.2) is 78.9 Å². The Morgan fingerprint density at radius 1 is 0.881 bits per heavy atom. The zero-order valence-corrected chi connectivity index (χ0v) is 26.1. The topological polar surface area (TPSA) is 43.9 Å². The number of aryl methyl sites for hydroxylation is 1. The number of halogens is 1. The molecule has 222 valence electrons. The fraction of sp³-hybridized carbons (Fsp3) is 0.444. The molecule has 5 rings (SSSR count). The van der Waals surface area contributed by atoms with Crippen molar-refractivity contribution in [2.75, 3.05) is 39.8 Å². The van der Waals surface area contributed by atoms with Crippen molar-refractivity contribution in [2.24, 2.45) is 0 Å². The second-order valence-corrected chi connectivity index (χ2v) is 12.8. The highest BCUT2D eigenvalue weighted by molar-refractivity contribution is 6.31. The van der Waals surface area contributed by atoms with Crippen molar-refractivity contribution in [3.05, 3.63) is 106 Å². The van der Waals surface area contributed by atoms with E-state index in [0.717, 1.165) is 87.4 Å². The third-order valence-electron chi connectivity index (χ3n) is 9.89. The van der Waals surface area contributed by atoms with Gasteiger partial charge in [-0.3, -0.25) is 9.59 Å². The van der Waals surface area contributed by atoms with Crippen LogP contribution in [0.3, 0.4) is 0 Å². The lowest BCUT2D eigenvalue weighted by atomic mass is 9.70. The Balaban J connectivity index is 1.30. The summed E-state index contributed by atoms with van der Waals surface area (Å²) >= 11 is 6.44. The summed E-state index contributed by atoms with van der Waals surface area (Å²) in [5.41, 5.74) is 4.00. The van der Waals surface area contributed by atoms with Crippen LogP contribution in [0, 0.1) is 6.92 Å². The largest absolute Gasteiger partial charge is 0.338 e. The molecule has 0 radical (unpaired) electrons. The van der Waals surface area contributed by atoms with Gasteiger partial charge in [0, 0.05) is 56.2 Å². The highest BCUT2D eigenvalue weighted by atomic mass is 35.5. The molecule has 0 spiro atoms. The van der Waals surface area contributed by atoms with Crippen molar-refractivity contribution in [1.29, 1.82) is 0 Å². The standard InChI is InChI=1S/C36H44ClN3O2/c1-28-26-32(16-17-33(28)37)35(19-11-23-40(27-35)34(42)30-12-6-4-7-13-30)18-10-22-39-24-20-36(21-25-39,38(3)29(2)41)31-14-8-5-9-15-31/h4-9,12-17,26H,10-11,18-25,27H2,1-3H3/t35-/m0/s1. The Labute approximate surface area is 256 Å². The van der Waals surface area contributed by atoms with E-state index in [2.05, 4.69) is 53.1 Å². The summed E-state index contributed by atoms with van der Waals surface area (Å²) in [6.07, 6.45) is 5.96. The molecule has 0 saturated carbocycles. The first kappa shape index (κ1) is 30.3. The van der Waals surface area contributed by atoms with E-state index in [0.29, 0.717) is 0 Å². The van der Waals surface area contributed by atoms with E-state index in [1.54, 1.807) is 6.92 Å². The molecule has 5 nitrogen and oxygen atoms in total. The number of piperidine rings is 2. The zero-order valence-electron chi connectivity index (χ0n) is 25.3. The Morgan fingerprint density at radius 2 is 1.55 bits per heavy atom. The fourth-order valence-corrected chi connectivity index (χ4v) is 7.40. The van der Waals surface area contributed by atoms with Crippen molar-refractivity contribution in [2.45, 2.75) is 63.3 Å². The van der Waals surface area contributed by atoms with Gasteiger partial charge >= 0.3 is 0 Å². The number of likely N-dealkylation sites (tertiary alicyclic amines) is 2. The van der Waals surface area contributed by atoms with Crippen LogP contribution >= 0.6 is 11.6 Å². The zero-order chi connectivity index (χ0) is 29.7. The summed E-state index contributed by atoms with van der Waals surface area (Å²) < 4.78 is 0. The number of hydrogen-bond donors (Lipinski definition) is 0. The van der Waals surface area contributed by atoms with E-state index in [-0.39, 0.29) is 22.8 Å². The summed E-state index contributed by atoms with van der Waals surface area (Å²) in [6, 6.07) is 26.6. The first-order valence-corrected chi connectivity index (χ1v) is 15.8. The predicted molar refractivity (Wildman–Crippen MR) is 171 cm³/mol. The number of amides is 2. The lowest BCUT2D eigenvalue weighted by Gasteiger charge is -2.48. The summed E-state index contributed by atoms with van der Waals surface area (Å²) in [6.45, 7) is 8.18. The molecule has 2 saturated heterocycles. The minimum absolute atomic E-state index is 0.101. The average molecular weight is 586 g/mol. The van der Waals surface area contributed by atoms with Crippen LogP contribution in [-0.2, 0) is 15.7 Å². The molecule has 2 amide bonds.